The van der Waals surface area contributed by atoms with E-state index in [2.05, 4.69) is 9.97 Å². The highest BCUT2D eigenvalue weighted by atomic mass is 35.5. The van der Waals surface area contributed by atoms with Crippen molar-refractivity contribution in [2.75, 3.05) is 33.4 Å². The van der Waals surface area contributed by atoms with Crippen molar-refractivity contribution in [3.05, 3.63) is 52.8 Å². The van der Waals surface area contributed by atoms with E-state index in [9.17, 15) is 9.90 Å². The van der Waals surface area contributed by atoms with Gasteiger partial charge < -0.3 is 24.5 Å². The number of morpholine rings is 1. The minimum absolute atomic E-state index is 0.137. The van der Waals surface area contributed by atoms with Crippen molar-refractivity contribution < 1.29 is 19.4 Å². The molecule has 1 amide bonds. The number of imidazole rings is 1. The average Bonchev–Trinajstić information content (AvgIpc) is 3.18. The van der Waals surface area contributed by atoms with E-state index in [4.69, 9.17) is 21.1 Å². The number of phenols is 1. The van der Waals surface area contributed by atoms with Gasteiger partial charge in [-0.2, -0.15) is 0 Å². The van der Waals surface area contributed by atoms with Crippen molar-refractivity contribution in [2.45, 2.75) is 0 Å². The average molecular weight is 414 g/mol. The van der Waals surface area contributed by atoms with Gasteiger partial charge in [0.1, 0.15) is 5.82 Å². The van der Waals surface area contributed by atoms with E-state index in [0.717, 1.165) is 11.0 Å². The molecule has 0 unspecified atom stereocenters. The largest absolute Gasteiger partial charge is 0.503 e. The molecule has 8 heteroatoms. The molecule has 0 saturated carbocycles. The number of ether oxygens (including phenoxy) is 2. The quantitative estimate of drug-likeness (QED) is 0.640. The van der Waals surface area contributed by atoms with E-state index in [1.807, 2.05) is 24.3 Å². The van der Waals surface area contributed by atoms with Crippen LogP contribution >= 0.6 is 11.6 Å². The molecule has 3 aromatic rings. The van der Waals surface area contributed by atoms with Crippen molar-refractivity contribution in [3.63, 3.8) is 0 Å². The number of carbonyl (C=O) groups is 1. The van der Waals surface area contributed by atoms with Crippen LogP contribution in [0.15, 0.2) is 36.4 Å². The molecule has 2 heterocycles. The van der Waals surface area contributed by atoms with Crippen LogP contribution in [0.2, 0.25) is 5.02 Å². The zero-order valence-corrected chi connectivity index (χ0v) is 16.6. The molecule has 29 heavy (non-hydrogen) atoms. The lowest BCUT2D eigenvalue weighted by atomic mass is 10.1. The molecule has 4 rings (SSSR count). The second-order valence-electron chi connectivity index (χ2n) is 6.62. The van der Waals surface area contributed by atoms with E-state index in [1.54, 1.807) is 23.1 Å². The molecular weight excluding hydrogens is 394 g/mol. The Morgan fingerprint density at radius 2 is 2.07 bits per heavy atom. The zero-order chi connectivity index (χ0) is 20.4. The highest BCUT2D eigenvalue weighted by Crippen LogP contribution is 2.36. The molecule has 1 saturated heterocycles. The SMILES string of the molecule is COc1cc(/C=C(/C(=O)N2CCOCC2)c2nc3ccccc3[nH]2)cc(Cl)c1O. The third-order valence-electron chi connectivity index (χ3n) is 4.75. The number of H-pyrrole nitrogens is 1. The van der Waals surface area contributed by atoms with E-state index in [1.165, 1.54) is 7.11 Å². The standard InChI is InChI=1S/C21H20ClN3O4/c1-28-18-12-13(11-15(22)19(18)26)10-14(21(27)25-6-8-29-9-7-25)20-23-16-4-2-3-5-17(16)24-20/h2-5,10-12,26H,6-9H2,1H3,(H,23,24)/b14-10+. The fourth-order valence-corrected chi connectivity index (χ4v) is 3.47. The summed E-state index contributed by atoms with van der Waals surface area (Å²) in [4.78, 5) is 22.9. The Labute approximate surface area is 172 Å². The summed E-state index contributed by atoms with van der Waals surface area (Å²) < 4.78 is 10.5. The van der Waals surface area contributed by atoms with Crippen LogP contribution in [0.3, 0.4) is 0 Å². The summed E-state index contributed by atoms with van der Waals surface area (Å²) in [7, 11) is 1.44. The van der Waals surface area contributed by atoms with E-state index < -0.39 is 0 Å². The molecule has 1 aliphatic rings. The molecule has 1 fully saturated rings. The monoisotopic (exact) mass is 413 g/mol. The van der Waals surface area contributed by atoms with Crippen LogP contribution < -0.4 is 4.74 Å². The van der Waals surface area contributed by atoms with Crippen LogP contribution in [0.25, 0.3) is 22.7 Å². The van der Waals surface area contributed by atoms with Gasteiger partial charge in [-0.1, -0.05) is 23.7 Å². The highest BCUT2D eigenvalue weighted by molar-refractivity contribution is 6.32. The van der Waals surface area contributed by atoms with Crippen LogP contribution in [0, 0.1) is 0 Å². The molecule has 0 atom stereocenters. The van der Waals surface area contributed by atoms with E-state index in [0.29, 0.717) is 43.3 Å². The van der Waals surface area contributed by atoms with Gasteiger partial charge in [-0.3, -0.25) is 4.79 Å². The third kappa shape index (κ3) is 3.92. The minimum atomic E-state index is -0.157. The number of aromatic amines is 1. The maximum absolute atomic E-state index is 13.3. The molecular formula is C21H20ClN3O4. The first kappa shape index (κ1) is 19.3. The van der Waals surface area contributed by atoms with Gasteiger partial charge in [0.05, 0.1) is 42.0 Å². The Morgan fingerprint density at radius 1 is 1.31 bits per heavy atom. The van der Waals surface area contributed by atoms with Gasteiger partial charge in [-0.05, 0) is 35.9 Å². The number of hydrogen-bond acceptors (Lipinski definition) is 5. The van der Waals surface area contributed by atoms with Gasteiger partial charge in [0.2, 0.25) is 0 Å². The summed E-state index contributed by atoms with van der Waals surface area (Å²) >= 11 is 6.13. The molecule has 7 nitrogen and oxygen atoms in total. The van der Waals surface area contributed by atoms with Gasteiger partial charge in [-0.25, -0.2) is 4.98 Å². The van der Waals surface area contributed by atoms with Crippen molar-refractivity contribution in [1.29, 1.82) is 0 Å². The predicted octanol–water partition coefficient (Wildman–Crippen LogP) is 3.33. The van der Waals surface area contributed by atoms with Gasteiger partial charge in [0.25, 0.3) is 5.91 Å². The fraction of sp³-hybridized carbons (Fsp3) is 0.238. The summed E-state index contributed by atoms with van der Waals surface area (Å²) in [5.74, 6) is 0.393. The first-order valence-corrected chi connectivity index (χ1v) is 9.55. The van der Waals surface area contributed by atoms with E-state index >= 15 is 0 Å². The second-order valence-corrected chi connectivity index (χ2v) is 7.03. The molecule has 0 aliphatic carbocycles. The summed E-state index contributed by atoms with van der Waals surface area (Å²) in [6, 6.07) is 10.8. The van der Waals surface area contributed by atoms with Crippen molar-refractivity contribution in [1.82, 2.24) is 14.9 Å². The van der Waals surface area contributed by atoms with Gasteiger partial charge in [-0.15, -0.1) is 0 Å². The Hall–Kier alpha value is -3.03. The number of fused-ring (bicyclic) bond motifs is 1. The molecule has 2 aromatic carbocycles. The molecule has 2 N–H and O–H groups in total. The number of aromatic nitrogens is 2. The lowest BCUT2D eigenvalue weighted by molar-refractivity contribution is -0.128. The third-order valence-corrected chi connectivity index (χ3v) is 5.04. The number of benzene rings is 2. The van der Waals surface area contributed by atoms with Crippen LogP contribution in [0.4, 0.5) is 0 Å². The summed E-state index contributed by atoms with van der Waals surface area (Å²) in [5, 5.41) is 10.1. The number of carbonyl (C=O) groups excluding carboxylic acids is 1. The maximum atomic E-state index is 13.3. The lowest BCUT2D eigenvalue weighted by Crippen LogP contribution is -2.41. The highest BCUT2D eigenvalue weighted by Gasteiger charge is 2.24. The number of hydrogen-bond donors (Lipinski definition) is 2. The van der Waals surface area contributed by atoms with Crippen molar-refractivity contribution >= 4 is 40.2 Å². The Morgan fingerprint density at radius 3 is 2.79 bits per heavy atom. The molecule has 0 spiro atoms. The number of rotatable bonds is 4. The van der Waals surface area contributed by atoms with Crippen molar-refractivity contribution in [3.8, 4) is 11.5 Å². The summed E-state index contributed by atoms with van der Waals surface area (Å²) in [6.45, 7) is 2.02. The topological polar surface area (TPSA) is 87.7 Å². The molecule has 1 aliphatic heterocycles. The van der Waals surface area contributed by atoms with Gasteiger partial charge in [0, 0.05) is 13.1 Å². The normalized spacial score (nSPS) is 15.0. The number of nitrogens with zero attached hydrogens (tertiary/aromatic N) is 2. The zero-order valence-electron chi connectivity index (χ0n) is 15.8. The molecule has 0 radical (unpaired) electrons. The minimum Gasteiger partial charge on any atom is -0.503 e. The Kier molecular flexibility index (Phi) is 5.42. The van der Waals surface area contributed by atoms with Crippen molar-refractivity contribution in [2.24, 2.45) is 0 Å². The van der Waals surface area contributed by atoms with Crippen LogP contribution in [0.1, 0.15) is 11.4 Å². The number of phenolic OH excluding ortho intramolecular Hbond substituents is 1. The number of halogens is 1. The second kappa shape index (κ2) is 8.14. The molecule has 0 bridgehead atoms. The molecule has 150 valence electrons. The predicted molar refractivity (Wildman–Crippen MR) is 111 cm³/mol. The van der Waals surface area contributed by atoms with E-state index in [-0.39, 0.29) is 22.4 Å². The smallest absolute Gasteiger partial charge is 0.257 e. The fourth-order valence-electron chi connectivity index (χ4n) is 3.25. The summed E-state index contributed by atoms with van der Waals surface area (Å²) in [5.41, 5.74) is 2.61. The Bertz CT molecular complexity index is 1050. The number of methoxy groups -OCH3 is 1. The maximum Gasteiger partial charge on any atom is 0.257 e. The number of aromatic hydroxyl groups is 1. The number of amides is 1. The van der Waals surface area contributed by atoms with Gasteiger partial charge >= 0.3 is 0 Å². The Balaban J connectivity index is 1.82. The summed E-state index contributed by atoms with van der Waals surface area (Å²) in [6.07, 6.45) is 1.70. The van der Waals surface area contributed by atoms with Crippen LogP contribution in [-0.4, -0.2) is 59.3 Å². The first-order chi connectivity index (χ1) is 14.1. The lowest BCUT2D eigenvalue weighted by Gasteiger charge is -2.27. The molecule has 1 aromatic heterocycles. The van der Waals surface area contributed by atoms with Crippen LogP contribution in [-0.2, 0) is 9.53 Å². The first-order valence-electron chi connectivity index (χ1n) is 9.17. The van der Waals surface area contributed by atoms with Crippen LogP contribution in [0.5, 0.6) is 11.5 Å². The number of para-hydroxylation sites is 2. The number of nitrogens with one attached hydrogen (secondary N) is 1. The van der Waals surface area contributed by atoms with Gasteiger partial charge in [0.15, 0.2) is 11.5 Å².